The average molecular weight is 342 g/mol. The first-order valence-electron chi connectivity index (χ1n) is 6.97. The lowest BCUT2D eigenvalue weighted by Crippen LogP contribution is -2.42. The van der Waals surface area contributed by atoms with Crippen molar-refractivity contribution >= 4 is 27.5 Å². The monoisotopic (exact) mass is 341 g/mol. The maximum absolute atomic E-state index is 11.7. The van der Waals surface area contributed by atoms with Crippen LogP contribution in [0.5, 0.6) is 0 Å². The maximum Gasteiger partial charge on any atom is 0.318 e. The van der Waals surface area contributed by atoms with E-state index in [1.54, 1.807) is 12.1 Å². The van der Waals surface area contributed by atoms with Gasteiger partial charge in [0.05, 0.1) is 5.25 Å². The van der Waals surface area contributed by atoms with Gasteiger partial charge in [-0.25, -0.2) is 8.42 Å². The van der Waals surface area contributed by atoms with E-state index in [1.807, 2.05) is 17.0 Å². The molecule has 22 heavy (non-hydrogen) atoms. The van der Waals surface area contributed by atoms with Crippen LogP contribution in [0.4, 0.5) is 6.01 Å². The summed E-state index contributed by atoms with van der Waals surface area (Å²) in [5.74, 6) is 0.374. The summed E-state index contributed by atoms with van der Waals surface area (Å²) in [6.07, 6.45) is 2.73. The van der Waals surface area contributed by atoms with Crippen molar-refractivity contribution in [3.63, 3.8) is 0 Å². The third-order valence-electron chi connectivity index (χ3n) is 3.74. The van der Waals surface area contributed by atoms with Gasteiger partial charge in [-0.05, 0) is 31.0 Å². The Hall–Kier alpha value is -1.60. The van der Waals surface area contributed by atoms with Gasteiger partial charge in [-0.15, -0.1) is 5.10 Å². The van der Waals surface area contributed by atoms with Gasteiger partial charge < -0.3 is 9.32 Å². The number of rotatable bonds is 3. The van der Waals surface area contributed by atoms with Gasteiger partial charge in [0.1, 0.15) is 0 Å². The van der Waals surface area contributed by atoms with Crippen LogP contribution in [0.25, 0.3) is 11.5 Å². The summed E-state index contributed by atoms with van der Waals surface area (Å²) in [5, 5.41) is 8.26. The van der Waals surface area contributed by atoms with Crippen molar-refractivity contribution in [2.24, 2.45) is 0 Å². The molecule has 0 amide bonds. The lowest BCUT2D eigenvalue weighted by Gasteiger charge is -2.30. The molecule has 1 atom stereocenters. The largest absolute Gasteiger partial charge is 0.403 e. The summed E-state index contributed by atoms with van der Waals surface area (Å²) in [7, 11) is -3.07. The summed E-state index contributed by atoms with van der Waals surface area (Å²) in [4.78, 5) is 1.83. The van der Waals surface area contributed by atoms with Crippen LogP contribution in [0.15, 0.2) is 28.7 Å². The van der Waals surface area contributed by atoms with Gasteiger partial charge in [0.15, 0.2) is 9.84 Å². The quantitative estimate of drug-likeness (QED) is 0.853. The number of hydrogen-bond donors (Lipinski definition) is 0. The summed E-state index contributed by atoms with van der Waals surface area (Å²) >= 11 is 5.95. The number of nitrogens with zero attached hydrogens (tertiary/aromatic N) is 3. The van der Waals surface area contributed by atoms with Crippen LogP contribution in [0.1, 0.15) is 12.8 Å². The Morgan fingerprint density at radius 2 is 2.18 bits per heavy atom. The van der Waals surface area contributed by atoms with Crippen LogP contribution < -0.4 is 4.90 Å². The molecule has 0 N–H and O–H groups in total. The molecule has 6 nitrogen and oxygen atoms in total. The Morgan fingerprint density at radius 1 is 1.36 bits per heavy atom. The molecular weight excluding hydrogens is 326 g/mol. The molecule has 1 unspecified atom stereocenters. The van der Waals surface area contributed by atoms with Crippen molar-refractivity contribution in [2.45, 2.75) is 18.1 Å². The summed E-state index contributed by atoms with van der Waals surface area (Å²) < 4.78 is 29.1. The van der Waals surface area contributed by atoms with E-state index in [9.17, 15) is 8.42 Å². The summed E-state index contributed by atoms with van der Waals surface area (Å²) in [5.41, 5.74) is 0.739. The highest BCUT2D eigenvalue weighted by Gasteiger charge is 2.29. The van der Waals surface area contributed by atoms with Crippen LogP contribution in [-0.4, -0.2) is 43.2 Å². The predicted molar refractivity (Wildman–Crippen MR) is 84.8 cm³/mol. The van der Waals surface area contributed by atoms with E-state index in [-0.39, 0.29) is 5.25 Å². The lowest BCUT2D eigenvalue weighted by atomic mass is 10.1. The number of piperidine rings is 1. The maximum atomic E-state index is 11.7. The minimum Gasteiger partial charge on any atom is -0.403 e. The average Bonchev–Trinajstić information content (AvgIpc) is 2.96. The zero-order valence-electron chi connectivity index (χ0n) is 12.1. The number of aromatic nitrogens is 2. The molecule has 1 saturated heterocycles. The van der Waals surface area contributed by atoms with E-state index in [2.05, 4.69) is 10.2 Å². The fraction of sp³-hybridized carbons (Fsp3) is 0.429. The Labute approximate surface area is 134 Å². The number of anilines is 1. The Bertz CT molecular complexity index is 775. The van der Waals surface area contributed by atoms with Crippen LogP contribution in [0.2, 0.25) is 5.02 Å². The Morgan fingerprint density at radius 3 is 2.91 bits per heavy atom. The topological polar surface area (TPSA) is 76.3 Å². The highest BCUT2D eigenvalue weighted by Crippen LogP contribution is 2.26. The van der Waals surface area contributed by atoms with E-state index in [0.717, 1.165) is 12.0 Å². The molecule has 0 saturated carbocycles. The molecule has 2 aromatic rings. The lowest BCUT2D eigenvalue weighted by molar-refractivity contribution is 0.489. The van der Waals surface area contributed by atoms with Crippen LogP contribution in [-0.2, 0) is 9.84 Å². The first-order chi connectivity index (χ1) is 10.4. The molecule has 0 spiro atoms. The molecule has 3 rings (SSSR count). The molecule has 0 radical (unpaired) electrons. The van der Waals surface area contributed by atoms with Gasteiger partial charge in [-0.2, -0.15) is 0 Å². The third-order valence-corrected chi connectivity index (χ3v) is 5.57. The number of benzene rings is 1. The highest BCUT2D eigenvalue weighted by molar-refractivity contribution is 7.91. The molecule has 1 aromatic heterocycles. The Balaban J connectivity index is 1.82. The van der Waals surface area contributed by atoms with E-state index < -0.39 is 9.84 Å². The molecule has 1 aliphatic heterocycles. The molecule has 0 bridgehead atoms. The van der Waals surface area contributed by atoms with Crippen molar-refractivity contribution < 1.29 is 12.8 Å². The van der Waals surface area contributed by atoms with Gasteiger partial charge in [0, 0.05) is 29.9 Å². The first kappa shape index (κ1) is 15.3. The molecule has 2 heterocycles. The third kappa shape index (κ3) is 3.25. The van der Waals surface area contributed by atoms with E-state index in [1.165, 1.54) is 6.26 Å². The second-order valence-electron chi connectivity index (χ2n) is 5.44. The molecular formula is C14H16ClN3O3S. The molecule has 118 valence electrons. The van der Waals surface area contributed by atoms with Gasteiger partial charge in [0.25, 0.3) is 0 Å². The van der Waals surface area contributed by atoms with Crippen molar-refractivity contribution in [1.82, 2.24) is 10.2 Å². The summed E-state index contributed by atoms with van der Waals surface area (Å²) in [6, 6.07) is 7.50. The van der Waals surface area contributed by atoms with Crippen LogP contribution in [0, 0.1) is 0 Å². The predicted octanol–water partition coefficient (Wildman–Crippen LogP) is 2.40. The molecule has 1 aromatic carbocycles. The van der Waals surface area contributed by atoms with Gasteiger partial charge >= 0.3 is 6.01 Å². The van der Waals surface area contributed by atoms with Crippen molar-refractivity contribution in [2.75, 3.05) is 24.2 Å². The smallest absolute Gasteiger partial charge is 0.318 e. The van der Waals surface area contributed by atoms with Crippen LogP contribution in [0.3, 0.4) is 0 Å². The van der Waals surface area contributed by atoms with E-state index in [0.29, 0.717) is 36.4 Å². The zero-order chi connectivity index (χ0) is 15.7. The molecule has 1 aliphatic rings. The SMILES string of the molecule is CS(=O)(=O)C1CCCN(c2nnc(-c3cccc(Cl)c3)o2)C1. The standard InChI is InChI=1S/C14H16ClN3O3S/c1-22(19,20)12-6-3-7-18(9-12)14-17-16-13(21-14)10-4-2-5-11(15)8-10/h2,4-5,8,12H,3,6-7,9H2,1H3. The molecule has 8 heteroatoms. The van der Waals surface area contributed by atoms with E-state index >= 15 is 0 Å². The minimum absolute atomic E-state index is 0.350. The number of hydrogen-bond acceptors (Lipinski definition) is 6. The van der Waals surface area contributed by atoms with Gasteiger partial charge in [0.2, 0.25) is 5.89 Å². The fourth-order valence-electron chi connectivity index (χ4n) is 2.54. The van der Waals surface area contributed by atoms with Gasteiger partial charge in [-0.3, -0.25) is 0 Å². The zero-order valence-corrected chi connectivity index (χ0v) is 13.6. The van der Waals surface area contributed by atoms with Crippen LogP contribution >= 0.6 is 11.6 Å². The van der Waals surface area contributed by atoms with Crippen molar-refractivity contribution in [1.29, 1.82) is 0 Å². The fourth-order valence-corrected chi connectivity index (χ4v) is 3.78. The minimum atomic E-state index is -3.07. The number of sulfone groups is 1. The summed E-state index contributed by atoms with van der Waals surface area (Å²) in [6.45, 7) is 1.10. The normalized spacial score (nSPS) is 19.4. The molecule has 0 aliphatic carbocycles. The van der Waals surface area contributed by atoms with Crippen molar-refractivity contribution in [3.8, 4) is 11.5 Å². The molecule has 1 fully saturated rings. The van der Waals surface area contributed by atoms with Gasteiger partial charge in [-0.1, -0.05) is 22.8 Å². The van der Waals surface area contributed by atoms with E-state index in [4.69, 9.17) is 16.0 Å². The first-order valence-corrected chi connectivity index (χ1v) is 9.30. The number of halogens is 1. The highest BCUT2D eigenvalue weighted by atomic mass is 35.5. The van der Waals surface area contributed by atoms with Crippen molar-refractivity contribution in [3.05, 3.63) is 29.3 Å². The Kier molecular flexibility index (Phi) is 4.10. The second-order valence-corrected chi connectivity index (χ2v) is 8.20. The second kappa shape index (κ2) is 5.89.